The predicted molar refractivity (Wildman–Crippen MR) is 72.1 cm³/mol. The summed E-state index contributed by atoms with van der Waals surface area (Å²) in [6.07, 6.45) is 4.26. The monoisotopic (exact) mass is 294 g/mol. The van der Waals surface area contributed by atoms with E-state index in [1.54, 1.807) is 11.8 Å². The van der Waals surface area contributed by atoms with Crippen LogP contribution < -0.4 is 4.90 Å². The minimum absolute atomic E-state index is 0.0769. The molecule has 0 aromatic carbocycles. The summed E-state index contributed by atoms with van der Waals surface area (Å²) in [5.74, 6) is -0.913. The first-order valence-corrected chi connectivity index (χ1v) is 7.24. The first-order chi connectivity index (χ1) is 10.1. The number of carboxylic acids is 1. The molecule has 2 fully saturated rings. The van der Waals surface area contributed by atoms with Crippen molar-refractivity contribution >= 4 is 18.0 Å². The average molecular weight is 294 g/mol. The highest BCUT2D eigenvalue weighted by molar-refractivity contribution is 5.87. The highest BCUT2D eigenvalue weighted by Gasteiger charge is 2.49. The van der Waals surface area contributed by atoms with E-state index >= 15 is 0 Å². The largest absolute Gasteiger partial charge is 0.480 e. The van der Waals surface area contributed by atoms with Gasteiger partial charge in [-0.2, -0.15) is 4.98 Å². The van der Waals surface area contributed by atoms with Gasteiger partial charge in [0.2, 0.25) is 0 Å². The Morgan fingerprint density at radius 1 is 1.52 bits per heavy atom. The predicted octanol–water partition coefficient (Wildman–Crippen LogP) is 1.54. The summed E-state index contributed by atoms with van der Waals surface area (Å²) in [7, 11) is 0. The third kappa shape index (κ3) is 2.36. The number of fused-ring (bicyclic) bond motifs is 1. The maximum atomic E-state index is 11.6. The van der Waals surface area contributed by atoms with Crippen molar-refractivity contribution in [2.45, 2.75) is 32.2 Å². The molecule has 21 heavy (non-hydrogen) atoms. The van der Waals surface area contributed by atoms with Crippen LogP contribution in [0.15, 0.2) is 10.7 Å². The van der Waals surface area contributed by atoms with Crippen LogP contribution in [0.2, 0.25) is 0 Å². The molecular weight excluding hydrogens is 276 g/mol. The molecule has 0 spiro atoms. The fourth-order valence-electron chi connectivity index (χ4n) is 3.51. The molecule has 1 aromatic rings. The van der Waals surface area contributed by atoms with Gasteiger partial charge in [0.1, 0.15) is 12.3 Å². The van der Waals surface area contributed by atoms with Crippen LogP contribution in [0, 0.1) is 11.8 Å². The van der Waals surface area contributed by atoms with Crippen LogP contribution in [0.25, 0.3) is 0 Å². The first-order valence-electron chi connectivity index (χ1n) is 7.24. The lowest BCUT2D eigenvalue weighted by Gasteiger charge is -2.22. The van der Waals surface area contributed by atoms with Gasteiger partial charge in [0.15, 0.2) is 5.69 Å². The van der Waals surface area contributed by atoms with Crippen LogP contribution in [-0.4, -0.2) is 41.2 Å². The van der Waals surface area contributed by atoms with Gasteiger partial charge in [0, 0.05) is 6.54 Å². The topological polar surface area (TPSA) is 92.9 Å². The van der Waals surface area contributed by atoms with Crippen molar-refractivity contribution in [1.29, 1.82) is 0 Å². The summed E-state index contributed by atoms with van der Waals surface area (Å²) < 4.78 is 10.2. The van der Waals surface area contributed by atoms with Crippen molar-refractivity contribution < 1.29 is 23.8 Å². The second kappa shape index (κ2) is 5.38. The van der Waals surface area contributed by atoms with Crippen LogP contribution in [0.4, 0.5) is 6.01 Å². The Hall–Kier alpha value is -2.05. The van der Waals surface area contributed by atoms with Gasteiger partial charge in [-0.05, 0) is 31.6 Å². The summed E-state index contributed by atoms with van der Waals surface area (Å²) in [5, 5.41) is 9.49. The van der Waals surface area contributed by atoms with E-state index in [2.05, 4.69) is 4.98 Å². The van der Waals surface area contributed by atoms with Gasteiger partial charge in [-0.15, -0.1) is 0 Å². The van der Waals surface area contributed by atoms with E-state index in [9.17, 15) is 14.7 Å². The summed E-state index contributed by atoms with van der Waals surface area (Å²) >= 11 is 0. The molecule has 1 saturated heterocycles. The second-order valence-electron chi connectivity index (χ2n) is 5.53. The van der Waals surface area contributed by atoms with Crippen LogP contribution in [0.3, 0.4) is 0 Å². The van der Waals surface area contributed by atoms with Gasteiger partial charge in [-0.3, -0.25) is 0 Å². The van der Waals surface area contributed by atoms with Gasteiger partial charge in [0.25, 0.3) is 6.01 Å². The Balaban J connectivity index is 1.83. The molecule has 0 amide bonds. The molecule has 1 N–H and O–H groups in total. The Morgan fingerprint density at radius 3 is 3.05 bits per heavy atom. The number of nitrogens with zero attached hydrogens (tertiary/aromatic N) is 2. The zero-order valence-electron chi connectivity index (χ0n) is 11.8. The van der Waals surface area contributed by atoms with E-state index in [0.29, 0.717) is 12.5 Å². The summed E-state index contributed by atoms with van der Waals surface area (Å²) in [5.41, 5.74) is 0.0769. The molecule has 7 nitrogen and oxygen atoms in total. The SMILES string of the molecule is CCOC(=O)c1coc(N2CC3CCCC3C2C(=O)O)n1. The smallest absolute Gasteiger partial charge is 0.360 e. The van der Waals surface area contributed by atoms with Crippen molar-refractivity contribution in [2.24, 2.45) is 11.8 Å². The fraction of sp³-hybridized carbons (Fsp3) is 0.643. The molecule has 1 aromatic heterocycles. The molecule has 1 saturated carbocycles. The molecule has 114 valence electrons. The molecule has 2 aliphatic rings. The number of esters is 1. The zero-order valence-corrected chi connectivity index (χ0v) is 11.8. The number of carbonyl (C=O) groups excluding carboxylic acids is 1. The molecule has 3 unspecified atom stereocenters. The summed E-state index contributed by atoms with van der Waals surface area (Å²) in [6, 6.07) is -0.425. The van der Waals surface area contributed by atoms with Crippen LogP contribution in [0.5, 0.6) is 0 Å². The third-order valence-electron chi connectivity index (χ3n) is 4.37. The van der Waals surface area contributed by atoms with E-state index < -0.39 is 18.0 Å². The molecule has 0 bridgehead atoms. The van der Waals surface area contributed by atoms with Gasteiger partial charge < -0.3 is 19.2 Å². The van der Waals surface area contributed by atoms with Gasteiger partial charge in [-0.1, -0.05) is 6.42 Å². The Bertz CT molecular complexity index is 555. The number of rotatable bonds is 4. The van der Waals surface area contributed by atoms with Crippen molar-refractivity contribution in [3.8, 4) is 0 Å². The number of anilines is 1. The standard InChI is InChI=1S/C14H18N2O5/c1-2-20-13(19)10-7-21-14(15-10)16-6-8-4-3-5-9(8)11(16)12(17)18/h7-9,11H,2-6H2,1H3,(H,17,18). The average Bonchev–Trinajstić information content (AvgIpc) is 3.12. The Morgan fingerprint density at radius 2 is 2.33 bits per heavy atom. The van der Waals surface area contributed by atoms with E-state index in [1.165, 1.54) is 6.26 Å². The molecule has 1 aliphatic carbocycles. The molecule has 0 radical (unpaired) electrons. The van der Waals surface area contributed by atoms with Gasteiger partial charge in [0.05, 0.1) is 6.61 Å². The van der Waals surface area contributed by atoms with Gasteiger partial charge >= 0.3 is 11.9 Å². The Labute approximate surface area is 121 Å². The van der Waals surface area contributed by atoms with Gasteiger partial charge in [-0.25, -0.2) is 9.59 Å². The van der Waals surface area contributed by atoms with Crippen molar-refractivity contribution in [3.05, 3.63) is 12.0 Å². The molecule has 1 aliphatic heterocycles. The number of hydrogen-bond acceptors (Lipinski definition) is 6. The number of aliphatic carboxylic acids is 1. The lowest BCUT2D eigenvalue weighted by atomic mass is 9.94. The van der Waals surface area contributed by atoms with Crippen LogP contribution >= 0.6 is 0 Å². The maximum absolute atomic E-state index is 11.6. The number of carboxylic acid groups (broad SMARTS) is 1. The highest BCUT2D eigenvalue weighted by Crippen LogP contribution is 2.43. The number of hydrogen-bond donors (Lipinski definition) is 1. The number of aromatic nitrogens is 1. The van der Waals surface area contributed by atoms with Crippen molar-refractivity contribution in [3.63, 3.8) is 0 Å². The Kier molecular flexibility index (Phi) is 3.57. The van der Waals surface area contributed by atoms with Crippen LogP contribution in [-0.2, 0) is 9.53 Å². The third-order valence-corrected chi connectivity index (χ3v) is 4.37. The second-order valence-corrected chi connectivity index (χ2v) is 5.53. The number of ether oxygens (including phenoxy) is 1. The highest BCUT2D eigenvalue weighted by atomic mass is 16.5. The van der Waals surface area contributed by atoms with Crippen LogP contribution in [0.1, 0.15) is 36.7 Å². The lowest BCUT2D eigenvalue weighted by molar-refractivity contribution is -0.139. The minimum atomic E-state index is -0.861. The maximum Gasteiger partial charge on any atom is 0.360 e. The lowest BCUT2D eigenvalue weighted by Crippen LogP contribution is -2.39. The quantitative estimate of drug-likeness (QED) is 0.842. The first kappa shape index (κ1) is 13.9. The molecule has 3 rings (SSSR count). The molecule has 7 heteroatoms. The van der Waals surface area contributed by atoms with E-state index in [0.717, 1.165) is 19.3 Å². The van der Waals surface area contributed by atoms with E-state index in [4.69, 9.17) is 9.15 Å². The molecule has 3 atom stereocenters. The van der Waals surface area contributed by atoms with E-state index in [-0.39, 0.29) is 24.2 Å². The normalized spacial score (nSPS) is 27.7. The molecule has 2 heterocycles. The zero-order chi connectivity index (χ0) is 15.0. The molecular formula is C14H18N2O5. The minimum Gasteiger partial charge on any atom is -0.480 e. The number of oxazole rings is 1. The van der Waals surface area contributed by atoms with E-state index in [1.807, 2.05) is 0 Å². The summed E-state index contributed by atoms with van der Waals surface area (Å²) in [4.78, 5) is 28.9. The number of carbonyl (C=O) groups is 2. The van der Waals surface area contributed by atoms with Crippen molar-refractivity contribution in [2.75, 3.05) is 18.1 Å². The fourth-order valence-corrected chi connectivity index (χ4v) is 3.51. The summed E-state index contributed by atoms with van der Waals surface area (Å²) in [6.45, 7) is 2.58. The van der Waals surface area contributed by atoms with Crippen molar-refractivity contribution in [1.82, 2.24) is 4.98 Å².